The van der Waals surface area contributed by atoms with E-state index in [0.717, 1.165) is 19.3 Å². The summed E-state index contributed by atoms with van der Waals surface area (Å²) in [6.07, 6.45) is 8.73. The molecule has 0 radical (unpaired) electrons. The van der Waals surface area contributed by atoms with Crippen LogP contribution in [0.2, 0.25) is 5.15 Å². The molecule has 0 fully saturated rings. The van der Waals surface area contributed by atoms with E-state index in [4.69, 9.17) is 11.6 Å². The predicted octanol–water partition coefficient (Wildman–Crippen LogP) is 2.57. The summed E-state index contributed by atoms with van der Waals surface area (Å²) >= 11 is 5.73. The van der Waals surface area contributed by atoms with E-state index in [1.807, 2.05) is 0 Å². The van der Waals surface area contributed by atoms with Crippen LogP contribution in [-0.2, 0) is 0 Å². The first-order chi connectivity index (χ1) is 7.75. The van der Waals surface area contributed by atoms with Gasteiger partial charge < -0.3 is 5.32 Å². The minimum Gasteiger partial charge on any atom is -0.349 e. The Bertz CT molecular complexity index is 417. The van der Waals surface area contributed by atoms with Crippen LogP contribution < -0.4 is 5.32 Å². The van der Waals surface area contributed by atoms with Crippen LogP contribution >= 0.6 is 11.6 Å². The molecule has 1 aromatic rings. The molecular weight excluding hydrogens is 224 g/mol. The van der Waals surface area contributed by atoms with Crippen LogP contribution in [0, 0.1) is 0 Å². The summed E-state index contributed by atoms with van der Waals surface area (Å²) in [5.41, 5.74) is 0.564. The summed E-state index contributed by atoms with van der Waals surface area (Å²) < 4.78 is 0. The van der Waals surface area contributed by atoms with Gasteiger partial charge in [0.05, 0.1) is 0 Å². The molecule has 2 rings (SSSR count). The molecule has 0 saturated carbocycles. The van der Waals surface area contributed by atoms with Crippen LogP contribution in [0.1, 0.15) is 29.6 Å². The number of nitrogens with zero attached hydrogens (tertiary/aromatic N) is 1. The van der Waals surface area contributed by atoms with Crippen molar-refractivity contribution in [2.75, 3.05) is 0 Å². The number of nitrogens with one attached hydrogen (secondary N) is 1. The molecule has 1 aliphatic carbocycles. The Balaban J connectivity index is 2.00. The van der Waals surface area contributed by atoms with E-state index in [9.17, 15) is 4.79 Å². The highest BCUT2D eigenvalue weighted by molar-refractivity contribution is 6.29. The van der Waals surface area contributed by atoms with Crippen molar-refractivity contribution in [3.05, 3.63) is 41.2 Å². The predicted molar refractivity (Wildman–Crippen MR) is 63.5 cm³/mol. The van der Waals surface area contributed by atoms with E-state index in [0.29, 0.717) is 10.7 Å². The first-order valence-electron chi connectivity index (χ1n) is 5.33. The normalized spacial score (nSPS) is 19.4. The highest BCUT2D eigenvalue weighted by atomic mass is 35.5. The van der Waals surface area contributed by atoms with E-state index in [2.05, 4.69) is 22.5 Å². The Morgan fingerprint density at radius 3 is 3.06 bits per heavy atom. The third-order valence-electron chi connectivity index (χ3n) is 2.59. The molecule has 0 aliphatic heterocycles. The molecule has 4 heteroatoms. The van der Waals surface area contributed by atoms with Gasteiger partial charge in [-0.05, 0) is 31.4 Å². The van der Waals surface area contributed by atoms with Crippen LogP contribution in [0.4, 0.5) is 0 Å². The number of carbonyl (C=O) groups excluding carboxylic acids is 1. The molecule has 0 saturated heterocycles. The van der Waals surface area contributed by atoms with E-state index in [1.54, 1.807) is 12.1 Å². The molecule has 0 spiro atoms. The number of aromatic nitrogens is 1. The largest absolute Gasteiger partial charge is 0.349 e. The SMILES string of the molecule is O=C(NC1CC=CCC1)c1ccnc(Cl)c1. The number of carbonyl (C=O) groups is 1. The molecule has 84 valence electrons. The van der Waals surface area contributed by atoms with Gasteiger partial charge in [0.15, 0.2) is 0 Å². The van der Waals surface area contributed by atoms with E-state index < -0.39 is 0 Å². The Morgan fingerprint density at radius 1 is 1.50 bits per heavy atom. The summed E-state index contributed by atoms with van der Waals surface area (Å²) in [5.74, 6) is -0.0791. The Hall–Kier alpha value is -1.35. The lowest BCUT2D eigenvalue weighted by atomic mass is 10.0. The topological polar surface area (TPSA) is 42.0 Å². The van der Waals surface area contributed by atoms with Crippen LogP contribution in [-0.4, -0.2) is 16.9 Å². The fraction of sp³-hybridized carbons (Fsp3) is 0.333. The molecule has 16 heavy (non-hydrogen) atoms. The number of halogens is 1. The quantitative estimate of drug-likeness (QED) is 0.634. The van der Waals surface area contributed by atoms with Gasteiger partial charge in [0.1, 0.15) is 5.15 Å². The van der Waals surface area contributed by atoms with Gasteiger partial charge in [-0.3, -0.25) is 4.79 Å². The lowest BCUT2D eigenvalue weighted by molar-refractivity contribution is 0.0934. The summed E-state index contributed by atoms with van der Waals surface area (Å²) in [6.45, 7) is 0. The molecule has 1 atom stereocenters. The lowest BCUT2D eigenvalue weighted by Crippen LogP contribution is -2.35. The summed E-state index contributed by atoms with van der Waals surface area (Å²) in [4.78, 5) is 15.7. The molecule has 1 amide bonds. The van der Waals surface area contributed by atoms with Gasteiger partial charge >= 0.3 is 0 Å². The fourth-order valence-corrected chi connectivity index (χ4v) is 1.91. The molecular formula is C12H13ClN2O. The summed E-state index contributed by atoms with van der Waals surface area (Å²) in [7, 11) is 0. The van der Waals surface area contributed by atoms with Crippen molar-refractivity contribution in [1.29, 1.82) is 0 Å². The average Bonchev–Trinajstić information content (AvgIpc) is 2.30. The van der Waals surface area contributed by atoms with Crippen LogP contribution in [0.5, 0.6) is 0 Å². The van der Waals surface area contributed by atoms with Crippen molar-refractivity contribution < 1.29 is 4.79 Å². The first-order valence-corrected chi connectivity index (χ1v) is 5.71. The van der Waals surface area contributed by atoms with Crippen molar-refractivity contribution in [3.63, 3.8) is 0 Å². The molecule has 1 aromatic heterocycles. The second kappa shape index (κ2) is 5.12. The van der Waals surface area contributed by atoms with Gasteiger partial charge in [0, 0.05) is 17.8 Å². The minimum atomic E-state index is -0.0791. The van der Waals surface area contributed by atoms with Crippen molar-refractivity contribution in [3.8, 4) is 0 Å². The molecule has 0 aromatic carbocycles. The van der Waals surface area contributed by atoms with Gasteiger partial charge in [-0.1, -0.05) is 23.8 Å². The number of hydrogen-bond acceptors (Lipinski definition) is 2. The highest BCUT2D eigenvalue weighted by Gasteiger charge is 2.14. The number of pyridine rings is 1. The van der Waals surface area contributed by atoms with Crippen molar-refractivity contribution in [1.82, 2.24) is 10.3 Å². The standard InChI is InChI=1S/C12H13ClN2O/c13-11-8-9(6-7-14-11)12(16)15-10-4-2-1-3-5-10/h1-2,6-8,10H,3-5H2,(H,15,16). The van der Waals surface area contributed by atoms with E-state index in [1.165, 1.54) is 6.20 Å². The smallest absolute Gasteiger partial charge is 0.251 e. The molecule has 0 bridgehead atoms. The third-order valence-corrected chi connectivity index (χ3v) is 2.80. The van der Waals surface area contributed by atoms with Crippen molar-refractivity contribution in [2.24, 2.45) is 0 Å². The second-order valence-electron chi connectivity index (χ2n) is 3.82. The summed E-state index contributed by atoms with van der Waals surface area (Å²) in [5, 5.41) is 3.33. The van der Waals surface area contributed by atoms with Crippen LogP contribution in [0.15, 0.2) is 30.5 Å². The maximum absolute atomic E-state index is 11.8. The third kappa shape index (κ3) is 2.83. The number of rotatable bonds is 2. The molecule has 1 heterocycles. The zero-order valence-corrected chi connectivity index (χ0v) is 9.57. The second-order valence-corrected chi connectivity index (χ2v) is 4.21. The molecule has 1 unspecified atom stereocenters. The maximum atomic E-state index is 11.8. The number of hydrogen-bond donors (Lipinski definition) is 1. The van der Waals surface area contributed by atoms with Crippen LogP contribution in [0.25, 0.3) is 0 Å². The van der Waals surface area contributed by atoms with Crippen molar-refractivity contribution in [2.45, 2.75) is 25.3 Å². The fourth-order valence-electron chi connectivity index (χ4n) is 1.74. The Labute approximate surface area is 99.5 Å². The highest BCUT2D eigenvalue weighted by Crippen LogP contribution is 2.12. The van der Waals surface area contributed by atoms with Gasteiger partial charge in [-0.15, -0.1) is 0 Å². The first kappa shape index (κ1) is 11.1. The lowest BCUT2D eigenvalue weighted by Gasteiger charge is -2.19. The van der Waals surface area contributed by atoms with Crippen molar-refractivity contribution >= 4 is 17.5 Å². The molecule has 3 nitrogen and oxygen atoms in total. The van der Waals surface area contributed by atoms with E-state index >= 15 is 0 Å². The summed E-state index contributed by atoms with van der Waals surface area (Å²) in [6, 6.07) is 3.49. The minimum absolute atomic E-state index is 0.0791. The van der Waals surface area contributed by atoms with Gasteiger partial charge in [0.2, 0.25) is 0 Å². The monoisotopic (exact) mass is 236 g/mol. The Kier molecular flexibility index (Phi) is 3.57. The Morgan fingerprint density at radius 2 is 2.38 bits per heavy atom. The average molecular weight is 237 g/mol. The van der Waals surface area contributed by atoms with Gasteiger partial charge in [0.25, 0.3) is 5.91 Å². The molecule has 1 N–H and O–H groups in total. The molecule has 1 aliphatic rings. The zero-order chi connectivity index (χ0) is 11.4. The van der Waals surface area contributed by atoms with E-state index in [-0.39, 0.29) is 11.9 Å². The number of amides is 1. The van der Waals surface area contributed by atoms with Gasteiger partial charge in [-0.2, -0.15) is 0 Å². The van der Waals surface area contributed by atoms with Crippen LogP contribution in [0.3, 0.4) is 0 Å². The van der Waals surface area contributed by atoms with Gasteiger partial charge in [-0.25, -0.2) is 4.98 Å². The maximum Gasteiger partial charge on any atom is 0.251 e. The number of allylic oxidation sites excluding steroid dienone is 1. The zero-order valence-electron chi connectivity index (χ0n) is 8.82.